The third-order valence-electron chi connectivity index (χ3n) is 5.36. The van der Waals surface area contributed by atoms with Crippen LogP contribution in [0.5, 0.6) is 0 Å². The number of para-hydroxylation sites is 1. The van der Waals surface area contributed by atoms with Crippen LogP contribution in [0.3, 0.4) is 0 Å². The van der Waals surface area contributed by atoms with E-state index in [4.69, 9.17) is 14.9 Å². The molecule has 2 amide bonds. The van der Waals surface area contributed by atoms with Gasteiger partial charge in [-0.2, -0.15) is 0 Å². The van der Waals surface area contributed by atoms with Crippen LogP contribution in [-0.4, -0.2) is 54.6 Å². The number of piperidine rings is 1. The number of likely N-dealkylation sites (tertiary alicyclic amines) is 1. The molecular formula is C20H26ClN3O4. The Bertz CT molecular complexity index is 807. The molecule has 28 heavy (non-hydrogen) atoms. The van der Waals surface area contributed by atoms with E-state index in [1.165, 1.54) is 0 Å². The Kier molecular flexibility index (Phi) is 6.59. The lowest BCUT2D eigenvalue weighted by atomic mass is 10.0. The molecule has 8 heteroatoms. The van der Waals surface area contributed by atoms with Gasteiger partial charge in [0, 0.05) is 31.1 Å². The number of hydrogen-bond acceptors (Lipinski definition) is 5. The molecule has 1 aromatic carbocycles. The van der Waals surface area contributed by atoms with Gasteiger partial charge in [0.15, 0.2) is 5.76 Å². The van der Waals surface area contributed by atoms with Crippen molar-refractivity contribution in [3.8, 4) is 0 Å². The number of nitrogens with one attached hydrogen (secondary N) is 1. The molecule has 3 N–H and O–H groups in total. The second-order valence-electron chi connectivity index (χ2n) is 7.31. The van der Waals surface area contributed by atoms with Crippen molar-refractivity contribution in [3.63, 3.8) is 0 Å². The molecule has 0 spiro atoms. The number of amides is 2. The van der Waals surface area contributed by atoms with Gasteiger partial charge in [-0.15, -0.1) is 12.4 Å². The number of benzene rings is 1. The van der Waals surface area contributed by atoms with E-state index in [2.05, 4.69) is 5.32 Å². The van der Waals surface area contributed by atoms with Gasteiger partial charge in [-0.1, -0.05) is 18.2 Å². The van der Waals surface area contributed by atoms with E-state index < -0.39 is 6.10 Å². The molecule has 1 unspecified atom stereocenters. The Balaban J connectivity index is 0.00000225. The minimum absolute atomic E-state index is 0. The first-order chi connectivity index (χ1) is 13.1. The van der Waals surface area contributed by atoms with Gasteiger partial charge in [0.2, 0.25) is 0 Å². The first-order valence-electron chi connectivity index (χ1n) is 9.58. The molecule has 0 saturated carbocycles. The van der Waals surface area contributed by atoms with Gasteiger partial charge in [0.25, 0.3) is 11.8 Å². The van der Waals surface area contributed by atoms with Gasteiger partial charge in [-0.3, -0.25) is 9.59 Å². The van der Waals surface area contributed by atoms with Crippen LogP contribution in [0.25, 0.3) is 11.0 Å². The minimum Gasteiger partial charge on any atom is -0.451 e. The molecule has 1 aromatic heterocycles. The standard InChI is InChI=1S/C20H25N3O4.ClH/c21-11-15-7-8-17(26-15)20(25)23-9-3-5-14(12-23)22-19(24)18-10-13-4-1-2-6-16(13)27-18;/h1-2,4,6,10,14-15,17H,3,5,7-9,11-12,21H2,(H,22,24);1H/t14?,15-,17+;/m1./s1. The van der Waals surface area contributed by atoms with Crippen LogP contribution in [0.15, 0.2) is 34.7 Å². The smallest absolute Gasteiger partial charge is 0.287 e. The molecule has 2 saturated heterocycles. The number of halogens is 1. The number of carbonyl (C=O) groups is 2. The molecule has 152 valence electrons. The quantitative estimate of drug-likeness (QED) is 0.808. The fourth-order valence-corrected chi connectivity index (χ4v) is 3.91. The molecule has 2 aliphatic heterocycles. The highest BCUT2D eigenvalue weighted by Crippen LogP contribution is 2.23. The molecule has 3 atom stereocenters. The van der Waals surface area contributed by atoms with E-state index in [0.717, 1.165) is 24.6 Å². The number of fused-ring (bicyclic) bond motifs is 1. The maximum absolute atomic E-state index is 12.7. The first-order valence-corrected chi connectivity index (χ1v) is 9.58. The zero-order valence-electron chi connectivity index (χ0n) is 15.6. The maximum Gasteiger partial charge on any atom is 0.287 e. The number of carbonyl (C=O) groups excluding carboxylic acids is 2. The summed E-state index contributed by atoms with van der Waals surface area (Å²) in [6.45, 7) is 1.64. The van der Waals surface area contributed by atoms with Crippen molar-refractivity contribution in [2.24, 2.45) is 5.73 Å². The lowest BCUT2D eigenvalue weighted by molar-refractivity contribution is -0.144. The molecule has 2 fully saturated rings. The number of rotatable bonds is 4. The predicted molar refractivity (Wildman–Crippen MR) is 107 cm³/mol. The number of nitrogens with two attached hydrogens (primary N) is 1. The Hall–Kier alpha value is -2.09. The number of ether oxygens (including phenoxy) is 1. The van der Waals surface area contributed by atoms with Crippen molar-refractivity contribution >= 4 is 35.2 Å². The third-order valence-corrected chi connectivity index (χ3v) is 5.36. The molecular weight excluding hydrogens is 382 g/mol. The van der Waals surface area contributed by atoms with Crippen LogP contribution in [0.1, 0.15) is 36.2 Å². The number of nitrogens with zero attached hydrogens (tertiary/aromatic N) is 1. The van der Waals surface area contributed by atoms with Gasteiger partial charge < -0.3 is 25.1 Å². The highest BCUT2D eigenvalue weighted by Gasteiger charge is 2.35. The Morgan fingerprint density at radius 1 is 1.21 bits per heavy atom. The summed E-state index contributed by atoms with van der Waals surface area (Å²) < 4.78 is 11.4. The molecule has 2 aliphatic rings. The van der Waals surface area contributed by atoms with E-state index in [9.17, 15) is 9.59 Å². The summed E-state index contributed by atoms with van der Waals surface area (Å²) in [5, 5.41) is 3.90. The Morgan fingerprint density at radius 2 is 2.04 bits per heavy atom. The van der Waals surface area contributed by atoms with Crippen molar-refractivity contribution in [3.05, 3.63) is 36.1 Å². The largest absolute Gasteiger partial charge is 0.451 e. The van der Waals surface area contributed by atoms with Crippen LogP contribution in [0, 0.1) is 0 Å². The first kappa shape index (κ1) is 20.6. The summed E-state index contributed by atoms with van der Waals surface area (Å²) >= 11 is 0. The molecule has 2 aromatic rings. The summed E-state index contributed by atoms with van der Waals surface area (Å²) in [5.74, 6) is 0.0593. The predicted octanol–water partition coefficient (Wildman–Crippen LogP) is 2.08. The van der Waals surface area contributed by atoms with E-state index in [0.29, 0.717) is 37.4 Å². The van der Waals surface area contributed by atoms with Crippen LogP contribution in [0.4, 0.5) is 0 Å². The zero-order chi connectivity index (χ0) is 18.8. The van der Waals surface area contributed by atoms with Crippen LogP contribution < -0.4 is 11.1 Å². The highest BCUT2D eigenvalue weighted by molar-refractivity contribution is 5.96. The topological polar surface area (TPSA) is 97.8 Å². The second kappa shape index (κ2) is 8.94. The van der Waals surface area contributed by atoms with Crippen LogP contribution in [-0.2, 0) is 9.53 Å². The molecule has 0 bridgehead atoms. The summed E-state index contributed by atoms with van der Waals surface area (Å²) in [6.07, 6.45) is 2.81. The summed E-state index contributed by atoms with van der Waals surface area (Å²) in [4.78, 5) is 27.1. The van der Waals surface area contributed by atoms with Crippen molar-refractivity contribution in [2.45, 2.75) is 43.9 Å². The minimum atomic E-state index is -0.400. The second-order valence-corrected chi connectivity index (χ2v) is 7.31. The van der Waals surface area contributed by atoms with Crippen molar-refractivity contribution < 1.29 is 18.7 Å². The molecule has 0 aliphatic carbocycles. The van der Waals surface area contributed by atoms with Crippen molar-refractivity contribution in [1.29, 1.82) is 0 Å². The monoisotopic (exact) mass is 407 g/mol. The van der Waals surface area contributed by atoms with Crippen LogP contribution >= 0.6 is 12.4 Å². The van der Waals surface area contributed by atoms with E-state index in [1.54, 1.807) is 11.0 Å². The maximum atomic E-state index is 12.7. The SMILES string of the molecule is Cl.NC[C@H]1CC[C@@H](C(=O)N2CCCC(NC(=O)c3cc4ccccc4o3)C2)O1. The van der Waals surface area contributed by atoms with E-state index >= 15 is 0 Å². The van der Waals surface area contributed by atoms with Gasteiger partial charge in [-0.05, 0) is 37.8 Å². The third kappa shape index (κ3) is 4.32. The number of furan rings is 1. The average Bonchev–Trinajstić information content (AvgIpc) is 3.34. The normalized spacial score (nSPS) is 24.8. The van der Waals surface area contributed by atoms with Gasteiger partial charge in [0.05, 0.1) is 6.10 Å². The summed E-state index contributed by atoms with van der Waals surface area (Å²) in [7, 11) is 0. The summed E-state index contributed by atoms with van der Waals surface area (Å²) in [5.41, 5.74) is 6.32. The highest BCUT2D eigenvalue weighted by atomic mass is 35.5. The van der Waals surface area contributed by atoms with E-state index in [1.807, 2.05) is 24.3 Å². The van der Waals surface area contributed by atoms with Gasteiger partial charge in [-0.25, -0.2) is 0 Å². The van der Waals surface area contributed by atoms with Crippen LogP contribution in [0.2, 0.25) is 0 Å². The average molecular weight is 408 g/mol. The van der Waals surface area contributed by atoms with Crippen molar-refractivity contribution in [2.75, 3.05) is 19.6 Å². The van der Waals surface area contributed by atoms with Gasteiger partial charge >= 0.3 is 0 Å². The van der Waals surface area contributed by atoms with Gasteiger partial charge in [0.1, 0.15) is 11.7 Å². The van der Waals surface area contributed by atoms with E-state index in [-0.39, 0.29) is 36.4 Å². The fraction of sp³-hybridized carbons (Fsp3) is 0.500. The lowest BCUT2D eigenvalue weighted by Gasteiger charge is -2.34. The lowest BCUT2D eigenvalue weighted by Crippen LogP contribution is -2.52. The Labute approximate surface area is 170 Å². The Morgan fingerprint density at radius 3 is 2.79 bits per heavy atom. The molecule has 0 radical (unpaired) electrons. The number of hydrogen-bond donors (Lipinski definition) is 2. The summed E-state index contributed by atoms with van der Waals surface area (Å²) in [6, 6.07) is 9.18. The molecule has 7 nitrogen and oxygen atoms in total. The molecule has 3 heterocycles. The fourth-order valence-electron chi connectivity index (χ4n) is 3.91. The molecule has 4 rings (SSSR count). The van der Waals surface area contributed by atoms with Crippen molar-refractivity contribution in [1.82, 2.24) is 10.2 Å². The zero-order valence-corrected chi connectivity index (χ0v) is 16.5.